The van der Waals surface area contributed by atoms with Crippen molar-refractivity contribution in [3.8, 4) is 17.2 Å². The van der Waals surface area contributed by atoms with Crippen LogP contribution in [0.4, 0.5) is 4.79 Å². The number of amides is 4. The van der Waals surface area contributed by atoms with E-state index in [1.807, 2.05) is 0 Å². The molecule has 2 N–H and O–H groups in total. The first-order chi connectivity index (χ1) is 15.8. The minimum atomic E-state index is -1.76. The number of esters is 1. The first-order valence-corrected chi connectivity index (χ1v) is 10.00. The van der Waals surface area contributed by atoms with Crippen LogP contribution in [0.2, 0.25) is 0 Å². The van der Waals surface area contributed by atoms with Crippen molar-refractivity contribution in [2.24, 2.45) is 0 Å². The highest BCUT2D eigenvalue weighted by atomic mass is 16.5. The van der Waals surface area contributed by atoms with Gasteiger partial charge in [0.05, 0.1) is 26.9 Å². The second kappa shape index (κ2) is 9.60. The van der Waals surface area contributed by atoms with Gasteiger partial charge in [-0.25, -0.2) is 9.59 Å². The van der Waals surface area contributed by atoms with E-state index in [1.54, 1.807) is 37.3 Å². The average molecular weight is 456 g/mol. The normalized spacial score (nSPS) is 15.7. The van der Waals surface area contributed by atoms with Gasteiger partial charge in [-0.15, -0.1) is 0 Å². The lowest BCUT2D eigenvalue weighted by Gasteiger charge is -2.35. The molecule has 0 radical (unpaired) electrons. The summed E-state index contributed by atoms with van der Waals surface area (Å²) in [6.45, 7) is 1.55. The summed E-state index contributed by atoms with van der Waals surface area (Å²) in [5.74, 6) is -1.47. The minimum absolute atomic E-state index is 0.123. The number of imide groups is 2. The van der Waals surface area contributed by atoms with E-state index in [0.717, 1.165) is 0 Å². The van der Waals surface area contributed by atoms with E-state index in [9.17, 15) is 19.2 Å². The first kappa shape index (κ1) is 23.6. The van der Waals surface area contributed by atoms with Gasteiger partial charge in [-0.2, -0.15) is 0 Å². The number of urea groups is 1. The number of ether oxygens (including phenoxy) is 4. The highest BCUT2D eigenvalue weighted by molar-refractivity contribution is 6.23. The summed E-state index contributed by atoms with van der Waals surface area (Å²) in [6.07, 6.45) is -1.08. The predicted octanol–water partition coefficient (Wildman–Crippen LogP) is 1.95. The van der Waals surface area contributed by atoms with Gasteiger partial charge in [0.15, 0.2) is 16.9 Å². The molecule has 0 unspecified atom stereocenters. The van der Waals surface area contributed by atoms with Crippen LogP contribution in [0, 0.1) is 0 Å². The quantitative estimate of drug-likeness (QED) is 0.456. The third kappa shape index (κ3) is 4.45. The van der Waals surface area contributed by atoms with Gasteiger partial charge in [0.1, 0.15) is 6.10 Å². The van der Waals surface area contributed by atoms with Crippen LogP contribution < -0.4 is 24.8 Å². The molecule has 0 saturated carbocycles. The monoisotopic (exact) mass is 456 g/mol. The van der Waals surface area contributed by atoms with Gasteiger partial charge in [-0.1, -0.05) is 30.3 Å². The average Bonchev–Trinajstić information content (AvgIpc) is 2.80. The zero-order valence-electron chi connectivity index (χ0n) is 18.6. The second-order valence-corrected chi connectivity index (χ2v) is 7.34. The van der Waals surface area contributed by atoms with Crippen LogP contribution in [0.15, 0.2) is 42.5 Å². The highest BCUT2D eigenvalue weighted by Crippen LogP contribution is 2.39. The lowest BCUT2D eigenvalue weighted by Crippen LogP contribution is -2.65. The van der Waals surface area contributed by atoms with E-state index in [4.69, 9.17) is 18.9 Å². The van der Waals surface area contributed by atoms with Gasteiger partial charge in [-0.05, 0) is 24.6 Å². The fourth-order valence-electron chi connectivity index (χ4n) is 3.76. The smallest absolute Gasteiger partial charge is 0.338 e. The molecule has 174 valence electrons. The third-order valence-electron chi connectivity index (χ3n) is 5.30. The predicted molar refractivity (Wildman–Crippen MR) is 115 cm³/mol. The van der Waals surface area contributed by atoms with Crippen molar-refractivity contribution in [3.63, 3.8) is 0 Å². The van der Waals surface area contributed by atoms with Gasteiger partial charge in [-0.3, -0.25) is 20.2 Å². The largest absolute Gasteiger partial charge is 0.493 e. The van der Waals surface area contributed by atoms with Crippen molar-refractivity contribution in [3.05, 3.63) is 53.6 Å². The second-order valence-electron chi connectivity index (χ2n) is 7.34. The molecule has 0 aliphatic carbocycles. The number of methoxy groups -OCH3 is 3. The Kier molecular flexibility index (Phi) is 6.86. The van der Waals surface area contributed by atoms with E-state index < -0.39 is 35.3 Å². The SMILES string of the molecule is COc1cc(C(=O)O[C@H](C)CC2(c3ccccc3)C(=O)NC(=O)NC2=O)cc(OC)c1OC. The molecule has 0 bridgehead atoms. The molecule has 0 spiro atoms. The number of carbonyl (C=O) groups excluding carboxylic acids is 4. The first-order valence-electron chi connectivity index (χ1n) is 10.00. The Morgan fingerprint density at radius 3 is 1.94 bits per heavy atom. The summed E-state index contributed by atoms with van der Waals surface area (Å²) >= 11 is 0. The number of barbiturate groups is 1. The molecule has 1 saturated heterocycles. The molecule has 10 heteroatoms. The molecule has 1 fully saturated rings. The van der Waals surface area contributed by atoms with Crippen LogP contribution in [0.25, 0.3) is 0 Å². The van der Waals surface area contributed by atoms with Crippen LogP contribution >= 0.6 is 0 Å². The standard InChI is InChI=1S/C23H24N2O8/c1-13(33-19(26)14-10-16(30-2)18(32-4)17(11-14)31-3)12-23(15-8-6-5-7-9-15)20(27)24-22(29)25-21(23)28/h5-11,13H,12H2,1-4H3,(H2,24,25,27,28,29)/t13-/m1/s1. The van der Waals surface area contributed by atoms with E-state index in [0.29, 0.717) is 11.3 Å². The van der Waals surface area contributed by atoms with Crippen molar-refractivity contribution >= 4 is 23.8 Å². The maximum absolute atomic E-state index is 12.9. The molecular weight excluding hydrogens is 432 g/mol. The molecule has 3 rings (SSSR count). The highest BCUT2D eigenvalue weighted by Gasteiger charge is 2.52. The van der Waals surface area contributed by atoms with Crippen LogP contribution in [0.1, 0.15) is 29.3 Å². The Balaban J connectivity index is 1.89. The van der Waals surface area contributed by atoms with Crippen LogP contribution in [0.5, 0.6) is 17.2 Å². The number of rotatable bonds is 8. The Bertz CT molecular complexity index is 1040. The van der Waals surface area contributed by atoms with E-state index in [-0.39, 0.29) is 23.5 Å². The summed E-state index contributed by atoms with van der Waals surface area (Å²) < 4.78 is 21.3. The van der Waals surface area contributed by atoms with Crippen LogP contribution in [0.3, 0.4) is 0 Å². The van der Waals surface area contributed by atoms with Crippen LogP contribution in [-0.2, 0) is 19.7 Å². The number of hydrogen-bond acceptors (Lipinski definition) is 8. The van der Waals surface area contributed by atoms with Crippen molar-refractivity contribution in [1.29, 1.82) is 0 Å². The summed E-state index contributed by atoms with van der Waals surface area (Å²) in [6, 6.07) is 10.2. The summed E-state index contributed by atoms with van der Waals surface area (Å²) in [4.78, 5) is 50.3. The fourth-order valence-corrected chi connectivity index (χ4v) is 3.76. The van der Waals surface area contributed by atoms with Crippen molar-refractivity contribution in [2.45, 2.75) is 24.9 Å². The number of benzene rings is 2. The molecule has 2 aromatic rings. The van der Waals surface area contributed by atoms with Gasteiger partial charge >= 0.3 is 12.0 Å². The minimum Gasteiger partial charge on any atom is -0.493 e. The molecule has 10 nitrogen and oxygen atoms in total. The summed E-state index contributed by atoms with van der Waals surface area (Å²) in [5.41, 5.74) is -1.27. The van der Waals surface area contributed by atoms with Crippen molar-refractivity contribution in [2.75, 3.05) is 21.3 Å². The van der Waals surface area contributed by atoms with E-state index >= 15 is 0 Å². The molecular formula is C23H24N2O8. The van der Waals surface area contributed by atoms with Gasteiger partial charge in [0.25, 0.3) is 0 Å². The third-order valence-corrected chi connectivity index (χ3v) is 5.30. The van der Waals surface area contributed by atoms with Crippen molar-refractivity contribution < 1.29 is 38.1 Å². The summed E-state index contributed by atoms with van der Waals surface area (Å²) in [5, 5.41) is 4.27. The van der Waals surface area contributed by atoms with Gasteiger partial charge in [0.2, 0.25) is 17.6 Å². The molecule has 4 amide bonds. The molecule has 1 aliphatic rings. The molecule has 1 heterocycles. The molecule has 2 aromatic carbocycles. The van der Waals surface area contributed by atoms with E-state index in [2.05, 4.69) is 10.6 Å². The lowest BCUT2D eigenvalue weighted by atomic mass is 9.73. The summed E-state index contributed by atoms with van der Waals surface area (Å²) in [7, 11) is 4.27. The Hall–Kier alpha value is -4.08. The maximum Gasteiger partial charge on any atom is 0.338 e. The molecule has 0 aromatic heterocycles. The number of carbonyl (C=O) groups is 4. The topological polar surface area (TPSA) is 129 Å². The number of nitrogens with one attached hydrogen (secondary N) is 2. The van der Waals surface area contributed by atoms with E-state index in [1.165, 1.54) is 33.5 Å². The zero-order chi connectivity index (χ0) is 24.2. The molecule has 33 heavy (non-hydrogen) atoms. The van der Waals surface area contributed by atoms with Crippen molar-refractivity contribution in [1.82, 2.24) is 10.6 Å². The van der Waals surface area contributed by atoms with Gasteiger partial charge in [0, 0.05) is 6.42 Å². The molecule has 1 atom stereocenters. The fraction of sp³-hybridized carbons (Fsp3) is 0.304. The number of hydrogen-bond donors (Lipinski definition) is 2. The molecule has 1 aliphatic heterocycles. The maximum atomic E-state index is 12.9. The van der Waals surface area contributed by atoms with Gasteiger partial charge < -0.3 is 18.9 Å². The zero-order valence-corrected chi connectivity index (χ0v) is 18.6. The Labute approximate surface area is 190 Å². The van der Waals surface area contributed by atoms with Crippen LogP contribution in [-0.4, -0.2) is 51.2 Å². The Morgan fingerprint density at radius 2 is 1.45 bits per heavy atom. The Morgan fingerprint density at radius 1 is 0.909 bits per heavy atom. The lowest BCUT2D eigenvalue weighted by molar-refractivity contribution is -0.140.